The predicted molar refractivity (Wildman–Crippen MR) is 408 cm³/mol. The number of fused-ring (bicyclic) bond motifs is 3. The molecule has 42 heteroatoms. The molecule has 6 aromatic carbocycles. The topological polar surface area (TPSA) is 428 Å². The van der Waals surface area contributed by atoms with Gasteiger partial charge in [-0.3, -0.25) is 27.6 Å². The van der Waals surface area contributed by atoms with Crippen LogP contribution in [0.2, 0.25) is 0 Å². The standard InChI is InChI=1S/C25H25N3O8S2.C24H21F2N3O9S2.C24H23F2N3O4S2.CO2/c1-15-12-26-21(16(2)24(15)35-4)14-37(31)25-27-20-11-18(34-3)7-10-22(20)28(25)38(32,33)19-8-5-17(6-9-19)36-13-23(29)30;1-35-20-9-10-27-18(22(20)36-2)13-39(32)24-28-17-11-15(38-23(25)26)5-8-19(17)29(24)40(33,34)16-6-3-14(4-7-16)37-12-21(30)31;1-16-8-4-7-11-22(16)35(31,32)29-20-10-6-5-9-18(20)28-23(29)34(30)14-19-17(2)21(12-13-27-19)33-15-24(3,25)26;2-1-3/h5-12H,13-14H2,1-4H3,(H,29,30);3-11,23H,12-13H2,1-2H3,(H,30,31);4-13H,14-15H2,1-3H3;. The van der Waals surface area contributed by atoms with Gasteiger partial charge in [-0.1, -0.05) is 30.3 Å². The minimum Gasteiger partial charge on any atom is -0.497 e. The lowest BCUT2D eigenvalue weighted by Gasteiger charge is -2.15. The first-order chi connectivity index (χ1) is 55.0. The first-order valence-corrected chi connectivity index (χ1v) is 41.7. The van der Waals surface area contributed by atoms with Crippen LogP contribution in [0.5, 0.6) is 46.0 Å². The van der Waals surface area contributed by atoms with Crippen LogP contribution in [0.15, 0.2) is 194 Å². The number of para-hydroxylation sites is 2. The van der Waals surface area contributed by atoms with Crippen molar-refractivity contribution in [2.24, 2.45) is 0 Å². The fourth-order valence-electron chi connectivity index (χ4n) is 11.1. The van der Waals surface area contributed by atoms with Crippen LogP contribution >= 0.6 is 0 Å². The number of methoxy groups -OCH3 is 4. The first kappa shape index (κ1) is 87.9. The molecule has 612 valence electrons. The van der Waals surface area contributed by atoms with Gasteiger partial charge in [-0.2, -0.15) is 18.4 Å². The summed E-state index contributed by atoms with van der Waals surface area (Å²) in [6.45, 7) is 2.54. The van der Waals surface area contributed by atoms with Crippen LogP contribution in [0.25, 0.3) is 33.1 Å². The van der Waals surface area contributed by atoms with Crippen LogP contribution in [0.3, 0.4) is 0 Å². The van der Waals surface area contributed by atoms with Gasteiger partial charge in [0.25, 0.3) is 36.0 Å². The van der Waals surface area contributed by atoms with Crippen molar-refractivity contribution in [3.05, 3.63) is 204 Å². The second kappa shape index (κ2) is 37.9. The summed E-state index contributed by atoms with van der Waals surface area (Å²) in [6.07, 6.45) is 4.63. The summed E-state index contributed by atoms with van der Waals surface area (Å²) in [6, 6.07) is 34.3. The summed E-state index contributed by atoms with van der Waals surface area (Å²) in [4.78, 5) is 63.2. The number of carboxylic acid groups (broad SMARTS) is 2. The molecule has 0 amide bonds. The van der Waals surface area contributed by atoms with Gasteiger partial charge in [0.15, 0.2) is 31.3 Å². The maximum atomic E-state index is 13.8. The number of carboxylic acids is 2. The zero-order chi connectivity index (χ0) is 84.7. The molecule has 6 heterocycles. The van der Waals surface area contributed by atoms with E-state index < -0.39 is 112 Å². The van der Waals surface area contributed by atoms with E-state index in [-0.39, 0.29) is 105 Å². The maximum Gasteiger partial charge on any atom is 0.387 e. The summed E-state index contributed by atoms with van der Waals surface area (Å²) in [5, 5.41) is 16.8. The van der Waals surface area contributed by atoms with E-state index in [1.54, 1.807) is 81.6 Å². The Morgan fingerprint density at radius 2 is 0.922 bits per heavy atom. The van der Waals surface area contributed by atoms with Crippen molar-refractivity contribution in [2.45, 2.75) is 94.6 Å². The van der Waals surface area contributed by atoms with Gasteiger partial charge < -0.3 is 48.1 Å². The molecule has 2 N–H and O–H groups in total. The summed E-state index contributed by atoms with van der Waals surface area (Å²) in [7, 11) is -13.1. The van der Waals surface area contributed by atoms with Crippen molar-refractivity contribution < 1.29 is 123 Å². The monoisotopic (exact) mass is 1720 g/mol. The van der Waals surface area contributed by atoms with E-state index in [4.69, 9.17) is 53.0 Å². The van der Waals surface area contributed by atoms with Gasteiger partial charge in [0.2, 0.25) is 15.5 Å². The lowest BCUT2D eigenvalue weighted by Crippen LogP contribution is -2.21. The lowest BCUT2D eigenvalue weighted by atomic mass is 10.1. The van der Waals surface area contributed by atoms with Crippen LogP contribution in [0.4, 0.5) is 17.6 Å². The average Bonchev–Trinajstić information content (AvgIpc) is 1.58. The molecule has 32 nitrogen and oxygen atoms in total. The summed E-state index contributed by atoms with van der Waals surface area (Å²) in [5.74, 6) is -4.24. The van der Waals surface area contributed by atoms with Crippen molar-refractivity contribution in [2.75, 3.05) is 48.3 Å². The number of ether oxygens (including phenoxy) is 8. The van der Waals surface area contributed by atoms with Crippen molar-refractivity contribution in [3.8, 4) is 46.0 Å². The minimum atomic E-state index is -4.48. The molecule has 0 aliphatic carbocycles. The lowest BCUT2D eigenvalue weighted by molar-refractivity contribution is -0.191. The smallest absolute Gasteiger partial charge is 0.387 e. The number of carbonyl (C=O) groups excluding carboxylic acids is 2. The van der Waals surface area contributed by atoms with Gasteiger partial charge in [-0.25, -0.2) is 70.5 Å². The third-order valence-corrected chi connectivity index (χ3v) is 25.7. The number of pyridine rings is 3. The first-order valence-electron chi connectivity index (χ1n) is 33.4. The van der Waals surface area contributed by atoms with Gasteiger partial charge in [0, 0.05) is 60.4 Å². The predicted octanol–water partition coefficient (Wildman–Crippen LogP) is 10.2. The normalized spacial score (nSPS) is 12.3. The van der Waals surface area contributed by atoms with Crippen molar-refractivity contribution in [3.63, 3.8) is 0 Å². The summed E-state index contributed by atoms with van der Waals surface area (Å²) in [5.41, 5.74) is 4.54. The molecule has 0 aliphatic rings. The molecule has 0 bridgehead atoms. The molecule has 0 spiro atoms. The number of hydrogen-bond acceptors (Lipinski definition) is 27. The molecule has 12 rings (SSSR count). The number of imidazole rings is 3. The Bertz CT molecular complexity index is 6120. The maximum absolute atomic E-state index is 13.8. The number of rotatable bonds is 30. The van der Waals surface area contributed by atoms with Crippen LogP contribution in [0.1, 0.15) is 46.3 Å². The highest BCUT2D eigenvalue weighted by atomic mass is 32.2. The molecular formula is C74H69F4N9O23S6. The zero-order valence-corrected chi connectivity index (χ0v) is 67.3. The molecule has 0 radical (unpaired) electrons. The number of aromatic nitrogens is 9. The van der Waals surface area contributed by atoms with Gasteiger partial charge in [-0.05, 0) is 130 Å². The van der Waals surface area contributed by atoms with E-state index >= 15 is 0 Å². The molecule has 0 saturated heterocycles. The van der Waals surface area contributed by atoms with Crippen molar-refractivity contribution >= 4 is 114 Å². The SMILES string of the molecule is COc1ccc2c(c1)nc(S(=O)Cc1ncc(C)c(OC)c1C)n2S(=O)(=O)c1ccc(OCC(=O)O)cc1.COc1ccnc(CS(=O)c2nc3cc(OC(F)F)ccc3n2S(=O)(=O)c2ccc(OCC(=O)O)cc2)c1OC.Cc1ccccc1S(=O)(=O)n1c(S(=O)Cc2nccc(OCC(C)(F)F)c2C)nc2ccccc21.O=C=O. The Hall–Kier alpha value is -12.1. The third kappa shape index (κ3) is 20.5. The van der Waals surface area contributed by atoms with Gasteiger partial charge >= 0.3 is 24.7 Å². The van der Waals surface area contributed by atoms with Crippen molar-refractivity contribution in [1.29, 1.82) is 0 Å². The Kier molecular flexibility index (Phi) is 28.7. The molecule has 116 heavy (non-hydrogen) atoms. The molecule has 6 aromatic heterocycles. The largest absolute Gasteiger partial charge is 0.497 e. The molecule has 0 fully saturated rings. The van der Waals surface area contributed by atoms with Crippen LogP contribution in [-0.2, 0) is 98.9 Å². The second-order valence-electron chi connectivity index (χ2n) is 24.3. The number of hydrogen-bond donors (Lipinski definition) is 2. The molecule has 3 atom stereocenters. The number of benzene rings is 6. The Morgan fingerprint density at radius 3 is 1.41 bits per heavy atom. The fraction of sp³-hybridized carbons (Fsp3) is 0.230. The Morgan fingerprint density at radius 1 is 0.491 bits per heavy atom. The molecule has 3 unspecified atom stereocenters. The van der Waals surface area contributed by atoms with Gasteiger partial charge in [-0.15, -0.1) is 0 Å². The van der Waals surface area contributed by atoms with E-state index in [2.05, 4.69) is 34.6 Å². The van der Waals surface area contributed by atoms with Crippen LogP contribution in [-0.4, -0.2) is 169 Å². The van der Waals surface area contributed by atoms with E-state index in [0.717, 1.165) is 36.5 Å². The van der Waals surface area contributed by atoms with E-state index in [9.17, 15) is 65.0 Å². The van der Waals surface area contributed by atoms with E-state index in [0.29, 0.717) is 56.4 Å². The third-order valence-electron chi connectivity index (χ3n) is 16.4. The number of aryl methyl sites for hydroxylation is 2. The van der Waals surface area contributed by atoms with Crippen LogP contribution < -0.4 is 37.9 Å². The highest BCUT2D eigenvalue weighted by Gasteiger charge is 2.34. The Labute approximate surface area is 666 Å². The summed E-state index contributed by atoms with van der Waals surface area (Å²) >= 11 is 0. The van der Waals surface area contributed by atoms with E-state index in [1.807, 2.05) is 6.92 Å². The van der Waals surface area contributed by atoms with Crippen molar-refractivity contribution in [1.82, 2.24) is 41.8 Å². The number of aliphatic carboxylic acids is 2. The van der Waals surface area contributed by atoms with Crippen LogP contribution in [0, 0.1) is 27.7 Å². The summed E-state index contributed by atoms with van der Waals surface area (Å²) < 4.78 is 219. The van der Waals surface area contributed by atoms with Gasteiger partial charge in [0.1, 0.15) is 34.5 Å². The number of halogens is 4. The molecule has 0 aliphatic heterocycles. The number of nitrogens with zero attached hydrogens (tertiary/aromatic N) is 9. The number of alkyl halides is 4. The highest BCUT2D eigenvalue weighted by Crippen LogP contribution is 2.37. The van der Waals surface area contributed by atoms with E-state index in [1.165, 1.54) is 120 Å². The average molecular weight is 1720 g/mol. The fourth-order valence-corrected chi connectivity index (χ4v) is 20.4. The zero-order valence-electron chi connectivity index (χ0n) is 62.4. The second-order valence-corrected chi connectivity index (χ2v) is 33.6. The molecule has 0 saturated carbocycles. The number of carbonyl (C=O) groups is 2. The molecule has 12 aromatic rings. The van der Waals surface area contributed by atoms with Gasteiger partial charge in [0.05, 0.1) is 143 Å². The molecular weight excluding hydrogens is 1650 g/mol. The minimum absolute atomic E-state index is 0.0539. The Balaban J connectivity index is 0.000000196. The highest BCUT2D eigenvalue weighted by molar-refractivity contribution is 7.92. The quantitative estimate of drug-likeness (QED) is 0.0395.